The molecule has 0 atom stereocenters. The zero-order valence-corrected chi connectivity index (χ0v) is 12.7. The summed E-state index contributed by atoms with van der Waals surface area (Å²) in [6.07, 6.45) is 1.17. The van der Waals surface area contributed by atoms with Crippen molar-refractivity contribution in [2.24, 2.45) is 0 Å². The monoisotopic (exact) mass is 378 g/mol. The van der Waals surface area contributed by atoms with Gasteiger partial charge in [-0.2, -0.15) is 8.42 Å². The molecule has 0 unspecified atom stereocenters. The first-order valence-corrected chi connectivity index (χ1v) is 7.84. The van der Waals surface area contributed by atoms with Crippen molar-refractivity contribution >= 4 is 31.6 Å². The molecule has 0 bridgehead atoms. The van der Waals surface area contributed by atoms with E-state index in [9.17, 15) is 17.2 Å². The van der Waals surface area contributed by atoms with Crippen LogP contribution in [0.25, 0.3) is 0 Å². The zero-order chi connectivity index (χ0) is 15.6. The highest BCUT2D eigenvalue weighted by molar-refractivity contribution is 9.10. The molecule has 1 aromatic heterocycles. The van der Waals surface area contributed by atoms with E-state index in [1.807, 2.05) is 4.72 Å². The van der Waals surface area contributed by atoms with Gasteiger partial charge in [0.2, 0.25) is 0 Å². The van der Waals surface area contributed by atoms with Crippen LogP contribution < -0.4 is 4.72 Å². The van der Waals surface area contributed by atoms with Gasteiger partial charge in [-0.25, -0.2) is 13.8 Å². The molecular formula is C12H9BrF2N2O3S. The molecule has 1 aromatic carbocycles. The van der Waals surface area contributed by atoms with Crippen LogP contribution in [0.1, 0.15) is 5.56 Å². The average Bonchev–Trinajstić information content (AvgIpc) is 2.44. The van der Waals surface area contributed by atoms with E-state index in [0.29, 0.717) is 5.56 Å². The first kappa shape index (κ1) is 15.8. The summed E-state index contributed by atoms with van der Waals surface area (Å²) in [5.41, 5.74) is -0.0986. The van der Waals surface area contributed by atoms with Gasteiger partial charge < -0.3 is 5.11 Å². The third-order valence-electron chi connectivity index (χ3n) is 2.51. The number of hydrogen-bond donors (Lipinski definition) is 2. The fourth-order valence-electron chi connectivity index (χ4n) is 1.46. The van der Waals surface area contributed by atoms with E-state index in [1.165, 1.54) is 12.3 Å². The molecule has 21 heavy (non-hydrogen) atoms. The topological polar surface area (TPSA) is 79.3 Å². The molecule has 9 heteroatoms. The lowest BCUT2D eigenvalue weighted by Crippen LogP contribution is -2.15. The highest BCUT2D eigenvalue weighted by atomic mass is 79.9. The summed E-state index contributed by atoms with van der Waals surface area (Å²) < 4.78 is 52.8. The van der Waals surface area contributed by atoms with Gasteiger partial charge in [-0.05, 0) is 33.6 Å². The predicted octanol–water partition coefficient (Wildman–Crippen LogP) is 2.42. The Morgan fingerprint density at radius 2 is 1.95 bits per heavy atom. The van der Waals surface area contributed by atoms with Crippen LogP contribution >= 0.6 is 15.9 Å². The van der Waals surface area contributed by atoms with Gasteiger partial charge in [-0.15, -0.1) is 0 Å². The van der Waals surface area contributed by atoms with Crippen LogP contribution in [0.3, 0.4) is 0 Å². The number of nitrogens with zero attached hydrogens (tertiary/aromatic N) is 1. The molecule has 112 valence electrons. The Balaban J connectivity index is 2.34. The van der Waals surface area contributed by atoms with Crippen LogP contribution in [-0.2, 0) is 16.6 Å². The van der Waals surface area contributed by atoms with Crippen molar-refractivity contribution < 1.29 is 22.3 Å². The maximum absolute atomic E-state index is 13.6. The van der Waals surface area contributed by atoms with Crippen molar-refractivity contribution in [1.82, 2.24) is 4.98 Å². The van der Waals surface area contributed by atoms with Crippen molar-refractivity contribution in [1.29, 1.82) is 0 Å². The van der Waals surface area contributed by atoms with Gasteiger partial charge in [0.25, 0.3) is 10.0 Å². The molecule has 0 saturated carbocycles. The number of sulfonamides is 1. The SMILES string of the molecule is O=S(=O)(Nc1cc(F)c(Br)cc1F)c1ccc(CO)cn1. The standard InChI is InChI=1S/C12H9BrF2N2O3S/c13-8-3-10(15)11(4-9(8)14)17-21(19,20)12-2-1-7(6-18)5-16-12/h1-5,17-18H,6H2. The molecule has 2 aromatic rings. The van der Waals surface area contributed by atoms with Gasteiger partial charge >= 0.3 is 0 Å². The minimum Gasteiger partial charge on any atom is -0.392 e. The second-order valence-corrected chi connectivity index (χ2v) is 6.50. The van der Waals surface area contributed by atoms with Crippen LogP contribution in [0.4, 0.5) is 14.5 Å². The molecule has 0 aliphatic carbocycles. The van der Waals surface area contributed by atoms with E-state index < -0.39 is 27.3 Å². The Bertz CT molecular complexity index is 767. The molecule has 0 aliphatic rings. The van der Waals surface area contributed by atoms with E-state index in [1.54, 1.807) is 0 Å². The Hall–Kier alpha value is -1.58. The van der Waals surface area contributed by atoms with E-state index in [0.717, 1.165) is 18.2 Å². The van der Waals surface area contributed by atoms with E-state index >= 15 is 0 Å². The summed E-state index contributed by atoms with van der Waals surface area (Å²) in [4.78, 5) is 3.65. The molecule has 0 spiro atoms. The molecule has 0 fully saturated rings. The maximum atomic E-state index is 13.6. The summed E-state index contributed by atoms with van der Waals surface area (Å²) in [7, 11) is -4.16. The number of rotatable bonds is 4. The van der Waals surface area contributed by atoms with E-state index in [2.05, 4.69) is 20.9 Å². The normalized spacial score (nSPS) is 11.4. The van der Waals surface area contributed by atoms with Crippen molar-refractivity contribution in [2.45, 2.75) is 11.6 Å². The van der Waals surface area contributed by atoms with Crippen LogP contribution in [0.5, 0.6) is 0 Å². The number of aliphatic hydroxyl groups is 1. The molecule has 0 radical (unpaired) electrons. The number of pyridine rings is 1. The highest BCUT2D eigenvalue weighted by Gasteiger charge is 2.19. The molecule has 1 heterocycles. The quantitative estimate of drug-likeness (QED) is 0.800. The van der Waals surface area contributed by atoms with Crippen molar-refractivity contribution in [3.05, 3.63) is 52.1 Å². The maximum Gasteiger partial charge on any atom is 0.279 e. The summed E-state index contributed by atoms with van der Waals surface area (Å²) in [6.45, 7) is -0.284. The van der Waals surface area contributed by atoms with Gasteiger partial charge in [0.05, 0.1) is 16.8 Å². The van der Waals surface area contributed by atoms with E-state index in [-0.39, 0.29) is 16.1 Å². The molecule has 0 saturated heterocycles. The summed E-state index contributed by atoms with van der Waals surface area (Å²) in [5, 5.41) is 8.49. The third kappa shape index (κ3) is 3.55. The number of anilines is 1. The zero-order valence-electron chi connectivity index (χ0n) is 10.3. The summed E-state index contributed by atoms with van der Waals surface area (Å²) >= 11 is 2.79. The summed E-state index contributed by atoms with van der Waals surface area (Å²) in [5.74, 6) is -1.74. The van der Waals surface area contributed by atoms with Crippen LogP contribution in [0, 0.1) is 11.6 Å². The van der Waals surface area contributed by atoms with Gasteiger partial charge in [0.1, 0.15) is 11.6 Å². The average molecular weight is 379 g/mol. The Morgan fingerprint density at radius 3 is 2.52 bits per heavy atom. The predicted molar refractivity (Wildman–Crippen MR) is 75.0 cm³/mol. The second kappa shape index (κ2) is 6.04. The molecule has 2 rings (SSSR count). The van der Waals surface area contributed by atoms with E-state index in [4.69, 9.17) is 5.11 Å². The van der Waals surface area contributed by atoms with Crippen LogP contribution in [0.2, 0.25) is 0 Å². The lowest BCUT2D eigenvalue weighted by Gasteiger charge is -2.09. The third-order valence-corrected chi connectivity index (χ3v) is 4.40. The van der Waals surface area contributed by atoms with Crippen LogP contribution in [-0.4, -0.2) is 18.5 Å². The van der Waals surface area contributed by atoms with Crippen molar-refractivity contribution in [2.75, 3.05) is 4.72 Å². The smallest absolute Gasteiger partial charge is 0.279 e. The second-order valence-electron chi connectivity index (χ2n) is 4.01. The van der Waals surface area contributed by atoms with Crippen LogP contribution in [0.15, 0.2) is 40.0 Å². The van der Waals surface area contributed by atoms with Crippen molar-refractivity contribution in [3.63, 3.8) is 0 Å². The van der Waals surface area contributed by atoms with Gasteiger partial charge in [0.15, 0.2) is 5.03 Å². The minimum absolute atomic E-state index is 0.117. The van der Waals surface area contributed by atoms with Gasteiger partial charge in [0, 0.05) is 12.3 Å². The van der Waals surface area contributed by atoms with Gasteiger partial charge in [-0.1, -0.05) is 6.07 Å². The lowest BCUT2D eigenvalue weighted by molar-refractivity contribution is 0.281. The fourth-order valence-corrected chi connectivity index (χ4v) is 2.77. The number of nitrogens with one attached hydrogen (secondary N) is 1. The number of halogens is 3. The Labute approximate surface area is 127 Å². The first-order valence-electron chi connectivity index (χ1n) is 5.56. The fraction of sp³-hybridized carbons (Fsp3) is 0.0833. The van der Waals surface area contributed by atoms with Gasteiger partial charge in [-0.3, -0.25) is 4.72 Å². The minimum atomic E-state index is -4.16. The van der Waals surface area contributed by atoms with Crippen molar-refractivity contribution in [3.8, 4) is 0 Å². The number of aliphatic hydroxyl groups excluding tert-OH is 1. The molecule has 2 N–H and O–H groups in total. The largest absolute Gasteiger partial charge is 0.392 e. The number of hydrogen-bond acceptors (Lipinski definition) is 4. The Morgan fingerprint density at radius 1 is 1.24 bits per heavy atom. The lowest BCUT2D eigenvalue weighted by atomic mass is 10.3. The number of aromatic nitrogens is 1. The first-order chi connectivity index (χ1) is 9.83. The summed E-state index contributed by atoms with van der Waals surface area (Å²) in [6, 6.07) is 4.05. The molecular weight excluding hydrogens is 370 g/mol. The Kier molecular flexibility index (Phi) is 4.55. The molecule has 0 aliphatic heterocycles. The molecule has 5 nitrogen and oxygen atoms in total. The highest BCUT2D eigenvalue weighted by Crippen LogP contribution is 2.25. The molecule has 0 amide bonds. The number of benzene rings is 1.